The van der Waals surface area contributed by atoms with Crippen LogP contribution >= 0.6 is 0 Å². The maximum absolute atomic E-state index is 12.2. The molecule has 3 nitrogen and oxygen atoms in total. The molecule has 0 spiro atoms. The number of benzene rings is 1. The number of aliphatic hydroxyl groups is 1. The molecule has 0 heterocycles. The zero-order chi connectivity index (χ0) is 14.0. The predicted molar refractivity (Wildman–Crippen MR) is 78.8 cm³/mol. The lowest BCUT2D eigenvalue weighted by atomic mass is 9.85. The molecule has 0 bridgehead atoms. The van der Waals surface area contributed by atoms with Crippen molar-refractivity contribution in [2.24, 2.45) is 0 Å². The van der Waals surface area contributed by atoms with E-state index in [-0.39, 0.29) is 5.91 Å². The molecule has 1 saturated carbocycles. The lowest BCUT2D eigenvalue weighted by Gasteiger charge is -2.32. The van der Waals surface area contributed by atoms with E-state index in [4.69, 9.17) is 0 Å². The minimum atomic E-state index is -0.690. The summed E-state index contributed by atoms with van der Waals surface area (Å²) in [5, 5.41) is 13.3. The number of aryl methyl sites for hydroxylation is 2. The maximum Gasteiger partial charge on any atom is 0.251 e. The van der Waals surface area contributed by atoms with Gasteiger partial charge in [0, 0.05) is 12.1 Å². The van der Waals surface area contributed by atoms with Crippen LogP contribution in [0.4, 0.5) is 0 Å². The summed E-state index contributed by atoms with van der Waals surface area (Å²) >= 11 is 0. The van der Waals surface area contributed by atoms with Crippen molar-refractivity contribution in [3.8, 4) is 0 Å². The Morgan fingerprint density at radius 2 is 1.85 bits per heavy atom. The average Bonchev–Trinajstić information content (AvgIpc) is 2.93. The van der Waals surface area contributed by atoms with Crippen LogP contribution in [-0.2, 0) is 12.8 Å². The molecule has 1 fully saturated rings. The van der Waals surface area contributed by atoms with Crippen molar-refractivity contribution in [1.29, 1.82) is 0 Å². The molecule has 0 unspecified atom stereocenters. The van der Waals surface area contributed by atoms with Crippen LogP contribution in [0, 0.1) is 0 Å². The standard InChI is InChI=1S/C17H23NO2/c19-16(18-12-17(20)9-2-1-3-10-17)15-8-7-13-5-4-6-14(13)11-15/h7-8,11,20H,1-6,9-10,12H2,(H,18,19). The van der Waals surface area contributed by atoms with Gasteiger partial charge < -0.3 is 10.4 Å². The van der Waals surface area contributed by atoms with Crippen LogP contribution in [0.25, 0.3) is 0 Å². The first-order valence-corrected chi connectivity index (χ1v) is 7.79. The Balaban J connectivity index is 1.61. The number of hydrogen-bond acceptors (Lipinski definition) is 2. The van der Waals surface area contributed by atoms with Crippen molar-refractivity contribution in [2.75, 3.05) is 6.54 Å². The minimum absolute atomic E-state index is 0.0568. The van der Waals surface area contributed by atoms with Crippen molar-refractivity contribution in [2.45, 2.75) is 57.0 Å². The number of rotatable bonds is 3. The number of nitrogens with one attached hydrogen (secondary N) is 1. The highest BCUT2D eigenvalue weighted by atomic mass is 16.3. The zero-order valence-electron chi connectivity index (χ0n) is 12.0. The van der Waals surface area contributed by atoms with Crippen LogP contribution in [0.3, 0.4) is 0 Å². The van der Waals surface area contributed by atoms with Crippen molar-refractivity contribution >= 4 is 5.91 Å². The molecule has 1 aromatic carbocycles. The monoisotopic (exact) mass is 273 g/mol. The highest BCUT2D eigenvalue weighted by molar-refractivity contribution is 5.94. The van der Waals surface area contributed by atoms with Crippen LogP contribution in [0.1, 0.15) is 60.0 Å². The minimum Gasteiger partial charge on any atom is -0.388 e. The van der Waals surface area contributed by atoms with Crippen LogP contribution in [0.2, 0.25) is 0 Å². The number of fused-ring (bicyclic) bond motifs is 1. The van der Waals surface area contributed by atoms with Gasteiger partial charge in [0.05, 0.1) is 5.60 Å². The van der Waals surface area contributed by atoms with E-state index in [0.29, 0.717) is 6.54 Å². The zero-order valence-corrected chi connectivity index (χ0v) is 12.0. The second kappa shape index (κ2) is 5.57. The molecular formula is C17H23NO2. The molecule has 108 valence electrons. The molecular weight excluding hydrogens is 250 g/mol. The SMILES string of the molecule is O=C(NCC1(O)CCCCC1)c1ccc2c(c1)CCC2. The Bertz CT molecular complexity index is 504. The first-order valence-electron chi connectivity index (χ1n) is 7.79. The maximum atomic E-state index is 12.2. The van der Waals surface area contributed by atoms with Gasteiger partial charge in [0.1, 0.15) is 0 Å². The Hall–Kier alpha value is -1.35. The largest absolute Gasteiger partial charge is 0.388 e. The predicted octanol–water partition coefficient (Wildman–Crippen LogP) is 2.60. The molecule has 0 saturated heterocycles. The molecule has 0 atom stereocenters. The van der Waals surface area contributed by atoms with Gasteiger partial charge in [0.2, 0.25) is 0 Å². The third-order valence-electron chi connectivity index (χ3n) is 4.72. The summed E-state index contributed by atoms with van der Waals surface area (Å²) in [6.45, 7) is 0.378. The fourth-order valence-electron chi connectivity index (χ4n) is 3.45. The fourth-order valence-corrected chi connectivity index (χ4v) is 3.45. The van der Waals surface area contributed by atoms with Gasteiger partial charge in [-0.05, 0) is 55.4 Å². The van der Waals surface area contributed by atoms with Crippen molar-refractivity contribution < 1.29 is 9.90 Å². The topological polar surface area (TPSA) is 49.3 Å². The van der Waals surface area contributed by atoms with Crippen LogP contribution in [0.5, 0.6) is 0 Å². The van der Waals surface area contributed by atoms with E-state index in [9.17, 15) is 9.90 Å². The van der Waals surface area contributed by atoms with Crippen molar-refractivity contribution in [3.63, 3.8) is 0 Å². The van der Waals surface area contributed by atoms with Gasteiger partial charge in [-0.25, -0.2) is 0 Å². The van der Waals surface area contributed by atoms with Gasteiger partial charge in [0.25, 0.3) is 5.91 Å². The molecule has 0 aromatic heterocycles. The van der Waals surface area contributed by atoms with Gasteiger partial charge in [0.15, 0.2) is 0 Å². The molecule has 1 aromatic rings. The normalized spacial score (nSPS) is 20.4. The lowest BCUT2D eigenvalue weighted by molar-refractivity contribution is 0.00525. The molecule has 20 heavy (non-hydrogen) atoms. The number of hydrogen-bond donors (Lipinski definition) is 2. The van der Waals surface area contributed by atoms with E-state index >= 15 is 0 Å². The molecule has 3 rings (SSSR count). The van der Waals surface area contributed by atoms with E-state index in [0.717, 1.165) is 44.1 Å². The molecule has 2 aliphatic carbocycles. The van der Waals surface area contributed by atoms with Gasteiger partial charge >= 0.3 is 0 Å². The van der Waals surface area contributed by atoms with Gasteiger partial charge in [-0.15, -0.1) is 0 Å². The molecule has 0 radical (unpaired) electrons. The van der Waals surface area contributed by atoms with Crippen molar-refractivity contribution in [3.05, 3.63) is 34.9 Å². The van der Waals surface area contributed by atoms with Gasteiger partial charge in [-0.1, -0.05) is 25.3 Å². The summed E-state index contributed by atoms with van der Waals surface area (Å²) < 4.78 is 0. The Kier molecular flexibility index (Phi) is 3.79. The third kappa shape index (κ3) is 2.88. The van der Waals surface area contributed by atoms with E-state index in [2.05, 4.69) is 11.4 Å². The summed E-state index contributed by atoms with van der Waals surface area (Å²) in [6.07, 6.45) is 8.34. The summed E-state index contributed by atoms with van der Waals surface area (Å²) in [5.41, 5.74) is 2.73. The molecule has 2 aliphatic rings. The number of carbonyl (C=O) groups excluding carboxylic acids is 1. The second-order valence-corrected chi connectivity index (χ2v) is 6.30. The first kappa shape index (κ1) is 13.6. The van der Waals surface area contributed by atoms with E-state index in [1.54, 1.807) is 0 Å². The highest BCUT2D eigenvalue weighted by Gasteiger charge is 2.29. The molecule has 1 amide bonds. The van der Waals surface area contributed by atoms with Crippen molar-refractivity contribution in [1.82, 2.24) is 5.32 Å². The van der Waals surface area contributed by atoms with E-state index in [1.807, 2.05) is 12.1 Å². The smallest absolute Gasteiger partial charge is 0.251 e. The molecule has 2 N–H and O–H groups in total. The number of amides is 1. The fraction of sp³-hybridized carbons (Fsp3) is 0.588. The summed E-state index contributed by atoms with van der Waals surface area (Å²) in [7, 11) is 0. The Labute approximate surface area is 120 Å². The lowest BCUT2D eigenvalue weighted by Crippen LogP contribution is -2.44. The Morgan fingerprint density at radius 3 is 2.65 bits per heavy atom. The first-order chi connectivity index (χ1) is 9.66. The average molecular weight is 273 g/mol. The summed E-state index contributed by atoms with van der Waals surface area (Å²) in [5.74, 6) is -0.0568. The Morgan fingerprint density at radius 1 is 1.10 bits per heavy atom. The molecule has 3 heteroatoms. The third-order valence-corrected chi connectivity index (χ3v) is 4.72. The van der Waals surface area contributed by atoms with E-state index < -0.39 is 5.60 Å². The molecule has 0 aliphatic heterocycles. The summed E-state index contributed by atoms with van der Waals surface area (Å²) in [4.78, 5) is 12.2. The van der Waals surface area contributed by atoms with Gasteiger partial charge in [-0.3, -0.25) is 4.79 Å². The van der Waals surface area contributed by atoms with E-state index in [1.165, 1.54) is 24.0 Å². The van der Waals surface area contributed by atoms with Crippen LogP contribution < -0.4 is 5.32 Å². The van der Waals surface area contributed by atoms with Gasteiger partial charge in [-0.2, -0.15) is 0 Å². The second-order valence-electron chi connectivity index (χ2n) is 6.30. The highest BCUT2D eigenvalue weighted by Crippen LogP contribution is 2.27. The van der Waals surface area contributed by atoms with Crippen LogP contribution in [0.15, 0.2) is 18.2 Å². The quantitative estimate of drug-likeness (QED) is 0.889. The van der Waals surface area contributed by atoms with Crippen LogP contribution in [-0.4, -0.2) is 23.2 Å². The number of carbonyl (C=O) groups is 1. The summed E-state index contributed by atoms with van der Waals surface area (Å²) in [6, 6.07) is 6.00.